The third kappa shape index (κ3) is 2.86. The molecule has 8 nitrogen and oxygen atoms in total. The molecule has 2 aromatic rings. The van der Waals surface area contributed by atoms with E-state index in [0.29, 0.717) is 11.4 Å². The molecule has 0 aliphatic carbocycles. The molecule has 1 aromatic heterocycles. The Morgan fingerprint density at radius 2 is 2.26 bits per heavy atom. The summed E-state index contributed by atoms with van der Waals surface area (Å²) in [6.07, 6.45) is 1.06. The van der Waals surface area contributed by atoms with Crippen molar-refractivity contribution in [2.75, 3.05) is 18.2 Å². The number of nitro groups is 1. The molecule has 0 amide bonds. The lowest BCUT2D eigenvalue weighted by Crippen LogP contribution is -2.04. The van der Waals surface area contributed by atoms with Crippen LogP contribution in [-0.2, 0) is 0 Å². The molecule has 3 N–H and O–H groups in total. The van der Waals surface area contributed by atoms with Crippen molar-refractivity contribution in [3.63, 3.8) is 0 Å². The summed E-state index contributed by atoms with van der Waals surface area (Å²) in [4.78, 5) is 17.7. The number of hydrogen-bond donors (Lipinski definition) is 2. The third-order valence-electron chi connectivity index (χ3n) is 2.32. The van der Waals surface area contributed by atoms with Crippen LogP contribution in [0.5, 0.6) is 5.75 Å². The fraction of sp³-hybridized carbons (Fsp3) is 0.0909. The zero-order valence-electron chi connectivity index (χ0n) is 10.0. The highest BCUT2D eigenvalue weighted by Gasteiger charge is 2.16. The van der Waals surface area contributed by atoms with Crippen LogP contribution in [0.25, 0.3) is 0 Å². The smallest absolute Gasteiger partial charge is 0.329 e. The van der Waals surface area contributed by atoms with Crippen molar-refractivity contribution in [3.8, 4) is 5.75 Å². The van der Waals surface area contributed by atoms with Crippen molar-refractivity contribution in [2.24, 2.45) is 0 Å². The molecule has 2 rings (SSSR count). The maximum Gasteiger partial charge on any atom is 0.329 e. The molecule has 0 aliphatic rings. The van der Waals surface area contributed by atoms with Gasteiger partial charge in [-0.25, -0.2) is 4.98 Å². The van der Waals surface area contributed by atoms with Gasteiger partial charge in [0.2, 0.25) is 11.8 Å². The van der Waals surface area contributed by atoms with Crippen LogP contribution in [0.4, 0.5) is 23.1 Å². The minimum Gasteiger partial charge on any atom is -0.497 e. The van der Waals surface area contributed by atoms with Crippen LogP contribution in [0.15, 0.2) is 30.5 Å². The molecule has 0 saturated carbocycles. The van der Waals surface area contributed by atoms with Crippen LogP contribution in [0.1, 0.15) is 0 Å². The van der Waals surface area contributed by atoms with Gasteiger partial charge in [-0.05, 0) is 12.1 Å². The van der Waals surface area contributed by atoms with Gasteiger partial charge in [-0.2, -0.15) is 4.98 Å². The summed E-state index contributed by atoms with van der Waals surface area (Å²) in [5.74, 6) is 0.608. The highest BCUT2D eigenvalue weighted by atomic mass is 16.6. The lowest BCUT2D eigenvalue weighted by molar-refractivity contribution is -0.384. The van der Waals surface area contributed by atoms with Crippen molar-refractivity contribution in [1.82, 2.24) is 9.97 Å². The van der Waals surface area contributed by atoms with Gasteiger partial charge in [0, 0.05) is 11.8 Å². The molecule has 98 valence electrons. The first-order valence-electron chi connectivity index (χ1n) is 5.28. The first-order chi connectivity index (χ1) is 9.10. The number of aromatic nitrogens is 2. The average molecular weight is 261 g/mol. The van der Waals surface area contributed by atoms with Gasteiger partial charge in [0.25, 0.3) is 0 Å². The molecule has 0 atom stereocenters. The summed E-state index contributed by atoms with van der Waals surface area (Å²) < 4.78 is 5.06. The number of nitrogens with one attached hydrogen (secondary N) is 1. The molecule has 0 aliphatic heterocycles. The second kappa shape index (κ2) is 5.17. The topological polar surface area (TPSA) is 116 Å². The highest BCUT2D eigenvalue weighted by Crippen LogP contribution is 2.26. The number of benzene rings is 1. The van der Waals surface area contributed by atoms with Crippen LogP contribution >= 0.6 is 0 Å². The Balaban J connectivity index is 2.36. The van der Waals surface area contributed by atoms with Gasteiger partial charge in [-0.3, -0.25) is 10.1 Å². The first-order valence-corrected chi connectivity index (χ1v) is 5.28. The number of methoxy groups -OCH3 is 1. The zero-order chi connectivity index (χ0) is 13.8. The van der Waals surface area contributed by atoms with Gasteiger partial charge in [-0.15, -0.1) is 0 Å². The van der Waals surface area contributed by atoms with Gasteiger partial charge in [0.05, 0.1) is 12.0 Å². The number of nitrogens with zero attached hydrogens (tertiary/aromatic N) is 3. The molecular formula is C11H11N5O3. The van der Waals surface area contributed by atoms with Crippen LogP contribution in [0.2, 0.25) is 0 Å². The fourth-order valence-electron chi connectivity index (χ4n) is 1.45. The summed E-state index contributed by atoms with van der Waals surface area (Å²) in [5.41, 5.74) is 5.77. The van der Waals surface area contributed by atoms with E-state index in [9.17, 15) is 10.1 Å². The SMILES string of the molecule is COc1cccc(Nc2nc(N)ncc2[N+](=O)[O-])c1. The van der Waals surface area contributed by atoms with Crippen molar-refractivity contribution in [2.45, 2.75) is 0 Å². The largest absolute Gasteiger partial charge is 0.497 e. The quantitative estimate of drug-likeness (QED) is 0.635. The normalized spacial score (nSPS) is 9.95. The number of nitrogen functional groups attached to an aromatic ring is 1. The van der Waals surface area contributed by atoms with Crippen LogP contribution in [-0.4, -0.2) is 22.0 Å². The van der Waals surface area contributed by atoms with Gasteiger partial charge in [0.15, 0.2) is 0 Å². The first kappa shape index (κ1) is 12.6. The summed E-state index contributed by atoms with van der Waals surface area (Å²) in [6.45, 7) is 0. The van der Waals surface area contributed by atoms with Crippen molar-refractivity contribution < 1.29 is 9.66 Å². The molecule has 0 fully saturated rings. The number of ether oxygens (including phenoxy) is 1. The molecule has 0 bridgehead atoms. The molecule has 0 unspecified atom stereocenters. The molecule has 1 heterocycles. The molecular weight excluding hydrogens is 250 g/mol. The van der Waals surface area contributed by atoms with E-state index in [1.54, 1.807) is 24.3 Å². The van der Waals surface area contributed by atoms with Crippen LogP contribution < -0.4 is 15.8 Å². The zero-order valence-corrected chi connectivity index (χ0v) is 10.0. The van der Waals surface area contributed by atoms with Gasteiger partial charge in [0.1, 0.15) is 11.9 Å². The lowest BCUT2D eigenvalue weighted by Gasteiger charge is -2.07. The summed E-state index contributed by atoms with van der Waals surface area (Å²) in [6, 6.07) is 6.91. The maximum absolute atomic E-state index is 10.9. The number of hydrogen-bond acceptors (Lipinski definition) is 7. The Bertz CT molecular complexity index is 617. The lowest BCUT2D eigenvalue weighted by atomic mass is 10.3. The Morgan fingerprint density at radius 1 is 1.47 bits per heavy atom. The second-order valence-corrected chi connectivity index (χ2v) is 3.58. The van der Waals surface area contributed by atoms with Crippen molar-refractivity contribution >= 4 is 23.1 Å². The van der Waals surface area contributed by atoms with E-state index in [4.69, 9.17) is 10.5 Å². The van der Waals surface area contributed by atoms with E-state index >= 15 is 0 Å². The number of rotatable bonds is 4. The van der Waals surface area contributed by atoms with E-state index in [0.717, 1.165) is 6.20 Å². The molecule has 19 heavy (non-hydrogen) atoms. The maximum atomic E-state index is 10.9. The van der Waals surface area contributed by atoms with Crippen LogP contribution in [0.3, 0.4) is 0 Å². The minimum absolute atomic E-state index is 0.0331. The monoisotopic (exact) mass is 261 g/mol. The number of nitrogens with two attached hydrogens (primary N) is 1. The van der Waals surface area contributed by atoms with E-state index in [1.165, 1.54) is 7.11 Å². The van der Waals surface area contributed by atoms with E-state index in [1.807, 2.05) is 0 Å². The average Bonchev–Trinajstić information content (AvgIpc) is 2.38. The summed E-state index contributed by atoms with van der Waals surface area (Å²) >= 11 is 0. The van der Waals surface area contributed by atoms with Gasteiger partial charge in [-0.1, -0.05) is 6.07 Å². The molecule has 0 saturated heterocycles. The molecule has 0 spiro atoms. The predicted octanol–water partition coefficient (Wildman–Crippen LogP) is 1.72. The Kier molecular flexibility index (Phi) is 3.42. The third-order valence-corrected chi connectivity index (χ3v) is 2.32. The van der Waals surface area contributed by atoms with E-state index in [-0.39, 0.29) is 17.5 Å². The summed E-state index contributed by atoms with van der Waals surface area (Å²) in [5, 5.41) is 13.7. The highest BCUT2D eigenvalue weighted by molar-refractivity contribution is 5.66. The van der Waals surface area contributed by atoms with Gasteiger partial charge < -0.3 is 15.8 Å². The second-order valence-electron chi connectivity index (χ2n) is 3.58. The molecule has 8 heteroatoms. The van der Waals surface area contributed by atoms with E-state index in [2.05, 4.69) is 15.3 Å². The Labute approximate surface area is 108 Å². The fourth-order valence-corrected chi connectivity index (χ4v) is 1.45. The Hall–Kier alpha value is -2.90. The molecule has 1 aromatic carbocycles. The molecule has 0 radical (unpaired) electrons. The van der Waals surface area contributed by atoms with Crippen molar-refractivity contribution in [1.29, 1.82) is 0 Å². The van der Waals surface area contributed by atoms with Gasteiger partial charge >= 0.3 is 5.69 Å². The van der Waals surface area contributed by atoms with Crippen LogP contribution in [0, 0.1) is 10.1 Å². The van der Waals surface area contributed by atoms with Crippen molar-refractivity contribution in [3.05, 3.63) is 40.6 Å². The number of anilines is 3. The summed E-state index contributed by atoms with van der Waals surface area (Å²) in [7, 11) is 1.53. The minimum atomic E-state index is -0.581. The Morgan fingerprint density at radius 3 is 2.95 bits per heavy atom. The standard InChI is InChI=1S/C11H11N5O3/c1-19-8-4-2-3-7(5-8)14-10-9(16(17)18)6-13-11(12)15-10/h2-6H,1H3,(H3,12,13,14,15). The predicted molar refractivity (Wildman–Crippen MR) is 69.4 cm³/mol. The van der Waals surface area contributed by atoms with E-state index < -0.39 is 4.92 Å².